The summed E-state index contributed by atoms with van der Waals surface area (Å²) in [4.78, 5) is 24.5. The molecule has 6 nitrogen and oxygen atoms in total. The number of benzene rings is 2. The minimum Gasteiger partial charge on any atom is -0.324 e. The van der Waals surface area contributed by atoms with Gasteiger partial charge in [0.15, 0.2) is 0 Å². The van der Waals surface area contributed by atoms with Gasteiger partial charge in [0, 0.05) is 11.4 Å². The summed E-state index contributed by atoms with van der Waals surface area (Å²) < 4.78 is 39.1. The molecular weight excluding hydrogens is 373 g/mol. The lowest BCUT2D eigenvalue weighted by molar-refractivity contribution is -0.137. The molecule has 0 spiro atoms. The van der Waals surface area contributed by atoms with Crippen LogP contribution in [0.5, 0.6) is 0 Å². The van der Waals surface area contributed by atoms with Gasteiger partial charge in [-0.15, -0.1) is 0 Å². The van der Waals surface area contributed by atoms with Gasteiger partial charge in [0.1, 0.15) is 5.54 Å². The van der Waals surface area contributed by atoms with E-state index in [-0.39, 0.29) is 5.69 Å². The molecule has 0 saturated carbocycles. The number of hydrogen-bond donors (Lipinski definition) is 3. The number of para-hydroxylation sites is 1. The number of anilines is 2. The van der Waals surface area contributed by atoms with Gasteiger partial charge in [-0.3, -0.25) is 4.79 Å². The average molecular weight is 390 g/mol. The monoisotopic (exact) mass is 390 g/mol. The fourth-order valence-corrected chi connectivity index (χ4v) is 2.27. The fourth-order valence-electron chi connectivity index (χ4n) is 2.27. The Balaban J connectivity index is 2.10. The Morgan fingerprint density at radius 2 is 1.61 bits per heavy atom. The van der Waals surface area contributed by atoms with Gasteiger partial charge in [0.25, 0.3) is 0 Å². The largest absolute Gasteiger partial charge is 0.417 e. The van der Waals surface area contributed by atoms with Crippen LogP contribution in [0.2, 0.25) is 0 Å². The van der Waals surface area contributed by atoms with Crippen LogP contribution in [0.1, 0.15) is 25.0 Å². The second-order valence-electron chi connectivity index (χ2n) is 6.39. The predicted octanol–water partition coefficient (Wildman–Crippen LogP) is 4.12. The summed E-state index contributed by atoms with van der Waals surface area (Å²) in [5.41, 5.74) is -2.76. The Kier molecular flexibility index (Phi) is 5.93. The molecule has 0 aliphatic carbocycles. The highest BCUT2D eigenvalue weighted by molar-refractivity contribution is 6.01. The van der Waals surface area contributed by atoms with Crippen molar-refractivity contribution in [1.29, 1.82) is 5.26 Å². The van der Waals surface area contributed by atoms with Gasteiger partial charge in [-0.25, -0.2) is 4.79 Å². The van der Waals surface area contributed by atoms with Crippen molar-refractivity contribution in [3.8, 4) is 6.07 Å². The summed E-state index contributed by atoms with van der Waals surface area (Å²) in [7, 11) is 0. The zero-order valence-electron chi connectivity index (χ0n) is 15.0. The van der Waals surface area contributed by atoms with Crippen LogP contribution in [-0.2, 0) is 11.0 Å². The van der Waals surface area contributed by atoms with Crippen molar-refractivity contribution in [1.82, 2.24) is 5.32 Å². The van der Waals surface area contributed by atoms with E-state index in [1.807, 2.05) is 0 Å². The number of halogens is 3. The molecule has 0 atom stereocenters. The maximum atomic E-state index is 13.0. The van der Waals surface area contributed by atoms with Gasteiger partial charge in [-0.1, -0.05) is 18.2 Å². The summed E-state index contributed by atoms with van der Waals surface area (Å²) >= 11 is 0. The minimum absolute atomic E-state index is 0.144. The van der Waals surface area contributed by atoms with E-state index in [0.717, 1.165) is 6.07 Å². The molecule has 28 heavy (non-hydrogen) atoms. The number of carbonyl (C=O) groups excluding carboxylic acids is 2. The molecule has 0 saturated heterocycles. The third kappa shape index (κ3) is 5.23. The summed E-state index contributed by atoms with van der Waals surface area (Å²) in [5.74, 6) is -0.728. The van der Waals surface area contributed by atoms with Crippen molar-refractivity contribution < 1.29 is 22.8 Å². The molecule has 3 amide bonds. The Morgan fingerprint density at radius 1 is 0.964 bits per heavy atom. The third-order valence-corrected chi connectivity index (χ3v) is 3.73. The highest BCUT2D eigenvalue weighted by Gasteiger charge is 2.35. The summed E-state index contributed by atoms with van der Waals surface area (Å²) in [6.07, 6.45) is -4.74. The first-order valence-electron chi connectivity index (χ1n) is 8.10. The second-order valence-corrected chi connectivity index (χ2v) is 6.39. The Hall–Kier alpha value is -3.54. The molecule has 2 aromatic rings. The van der Waals surface area contributed by atoms with Crippen LogP contribution in [0.15, 0.2) is 48.5 Å². The van der Waals surface area contributed by atoms with E-state index < -0.39 is 34.8 Å². The topological polar surface area (TPSA) is 94.0 Å². The summed E-state index contributed by atoms with van der Waals surface area (Å²) in [6, 6.07) is 12.2. The van der Waals surface area contributed by atoms with Gasteiger partial charge < -0.3 is 16.0 Å². The molecule has 2 rings (SSSR count). The highest BCUT2D eigenvalue weighted by Crippen LogP contribution is 2.33. The number of carbonyl (C=O) groups is 2. The highest BCUT2D eigenvalue weighted by atomic mass is 19.4. The maximum Gasteiger partial charge on any atom is 0.417 e. The number of nitrogens with zero attached hydrogens (tertiary/aromatic N) is 1. The maximum absolute atomic E-state index is 13.0. The number of alkyl halides is 3. The van der Waals surface area contributed by atoms with Crippen molar-refractivity contribution in [2.45, 2.75) is 25.6 Å². The van der Waals surface area contributed by atoms with Crippen LogP contribution in [0.4, 0.5) is 29.3 Å². The molecule has 146 valence electrons. The SMILES string of the molecule is CC(C)(NC(=O)Nc1ccccc1)C(=O)Nc1ccc(C#N)c(C(F)(F)F)c1. The molecule has 0 aliphatic rings. The van der Waals surface area contributed by atoms with Gasteiger partial charge in [0.2, 0.25) is 5.91 Å². The quantitative estimate of drug-likeness (QED) is 0.733. The lowest BCUT2D eigenvalue weighted by atomic mass is 10.0. The van der Waals surface area contributed by atoms with Gasteiger partial charge in [-0.05, 0) is 44.2 Å². The number of nitriles is 1. The zero-order valence-corrected chi connectivity index (χ0v) is 15.0. The molecule has 0 radical (unpaired) electrons. The molecule has 0 unspecified atom stereocenters. The molecular formula is C19H17F3N4O2. The average Bonchev–Trinajstić information content (AvgIpc) is 2.61. The molecule has 0 aromatic heterocycles. The van der Waals surface area contributed by atoms with E-state index in [1.165, 1.54) is 26.0 Å². The van der Waals surface area contributed by atoms with Gasteiger partial charge in [0.05, 0.1) is 17.2 Å². The van der Waals surface area contributed by atoms with Crippen molar-refractivity contribution >= 4 is 23.3 Å². The first-order chi connectivity index (χ1) is 13.0. The number of hydrogen-bond acceptors (Lipinski definition) is 3. The zero-order chi connectivity index (χ0) is 20.9. The number of nitrogens with one attached hydrogen (secondary N) is 3. The van der Waals surface area contributed by atoms with E-state index in [2.05, 4.69) is 16.0 Å². The van der Waals surface area contributed by atoms with Crippen LogP contribution in [0.3, 0.4) is 0 Å². The predicted molar refractivity (Wildman–Crippen MR) is 97.5 cm³/mol. The molecule has 3 N–H and O–H groups in total. The molecule has 0 fully saturated rings. The molecule has 0 aliphatic heterocycles. The molecule has 9 heteroatoms. The van der Waals surface area contributed by atoms with Crippen molar-refractivity contribution in [3.05, 3.63) is 59.7 Å². The van der Waals surface area contributed by atoms with E-state index in [9.17, 15) is 22.8 Å². The first-order valence-corrected chi connectivity index (χ1v) is 8.10. The smallest absolute Gasteiger partial charge is 0.324 e. The Bertz CT molecular complexity index is 919. The van der Waals surface area contributed by atoms with Crippen LogP contribution in [-0.4, -0.2) is 17.5 Å². The van der Waals surface area contributed by atoms with Crippen molar-refractivity contribution in [3.63, 3.8) is 0 Å². The molecule has 0 bridgehead atoms. The Labute approximate surface area is 159 Å². The van der Waals surface area contributed by atoms with E-state index in [4.69, 9.17) is 5.26 Å². The van der Waals surface area contributed by atoms with Crippen LogP contribution < -0.4 is 16.0 Å². The van der Waals surface area contributed by atoms with Gasteiger partial charge >= 0.3 is 12.2 Å². The van der Waals surface area contributed by atoms with E-state index in [1.54, 1.807) is 30.3 Å². The summed E-state index contributed by atoms with van der Waals surface area (Å²) in [6.45, 7) is 2.81. The minimum atomic E-state index is -4.74. The van der Waals surface area contributed by atoms with Crippen molar-refractivity contribution in [2.24, 2.45) is 0 Å². The summed E-state index contributed by atoms with van der Waals surface area (Å²) in [5, 5.41) is 16.1. The Morgan fingerprint density at radius 3 is 2.18 bits per heavy atom. The van der Waals surface area contributed by atoms with Crippen LogP contribution in [0.25, 0.3) is 0 Å². The number of urea groups is 1. The lowest BCUT2D eigenvalue weighted by Gasteiger charge is -2.25. The fraction of sp³-hybridized carbons (Fsp3) is 0.211. The molecule has 2 aromatic carbocycles. The number of amides is 3. The lowest BCUT2D eigenvalue weighted by Crippen LogP contribution is -2.53. The second kappa shape index (κ2) is 8.00. The van der Waals surface area contributed by atoms with Crippen LogP contribution >= 0.6 is 0 Å². The van der Waals surface area contributed by atoms with E-state index in [0.29, 0.717) is 11.8 Å². The van der Waals surface area contributed by atoms with Crippen LogP contribution in [0, 0.1) is 11.3 Å². The van der Waals surface area contributed by atoms with Gasteiger partial charge in [-0.2, -0.15) is 18.4 Å². The first kappa shape index (κ1) is 20.8. The standard InChI is InChI=1S/C19H17F3N4O2/c1-18(2,26-17(28)25-13-6-4-3-5-7-13)16(27)24-14-9-8-12(11-23)15(10-14)19(20,21)22/h3-10H,1-2H3,(H,24,27)(H2,25,26,28). The number of rotatable bonds is 4. The third-order valence-electron chi connectivity index (χ3n) is 3.73. The van der Waals surface area contributed by atoms with Crippen molar-refractivity contribution in [2.75, 3.05) is 10.6 Å². The normalized spacial score (nSPS) is 11.3. The van der Waals surface area contributed by atoms with E-state index >= 15 is 0 Å². The molecule has 0 heterocycles.